The second kappa shape index (κ2) is 6.57. The van der Waals surface area contributed by atoms with Gasteiger partial charge in [0.05, 0.1) is 6.42 Å². The van der Waals surface area contributed by atoms with Crippen molar-refractivity contribution in [3.63, 3.8) is 0 Å². The van der Waals surface area contributed by atoms with E-state index in [-0.39, 0.29) is 18.4 Å². The van der Waals surface area contributed by atoms with Gasteiger partial charge in [-0.15, -0.1) is 0 Å². The number of likely N-dealkylation sites (tertiary alicyclic amines) is 1. The largest absolute Gasteiger partial charge is 0.481 e. The predicted molar refractivity (Wildman–Crippen MR) is 81.9 cm³/mol. The molecule has 1 fully saturated rings. The molecule has 1 saturated heterocycles. The van der Waals surface area contributed by atoms with Crippen molar-refractivity contribution in [2.75, 3.05) is 6.54 Å². The minimum absolute atomic E-state index is 0.0309. The quantitative estimate of drug-likeness (QED) is 0.866. The summed E-state index contributed by atoms with van der Waals surface area (Å²) in [5.74, 6) is -0.947. The zero-order valence-electron chi connectivity index (χ0n) is 12.5. The van der Waals surface area contributed by atoms with Crippen molar-refractivity contribution in [3.05, 3.63) is 41.0 Å². The molecule has 1 N–H and O–H groups in total. The van der Waals surface area contributed by atoms with Crippen LogP contribution in [0.5, 0.6) is 0 Å². The lowest BCUT2D eigenvalue weighted by atomic mass is 10.1. The van der Waals surface area contributed by atoms with Gasteiger partial charge in [-0.2, -0.15) is 0 Å². The fraction of sp³-hybridized carbons (Fsp3) is 0.412. The number of hydrogen-bond donors (Lipinski definition) is 1. The molecule has 1 atom stereocenters. The summed E-state index contributed by atoms with van der Waals surface area (Å²) in [6, 6.07) is 5.92. The molecule has 1 heterocycles. The van der Waals surface area contributed by atoms with Crippen LogP contribution in [0.25, 0.3) is 6.08 Å². The molecule has 4 nitrogen and oxygen atoms in total. The van der Waals surface area contributed by atoms with Gasteiger partial charge in [0.2, 0.25) is 5.91 Å². The maximum Gasteiger partial charge on any atom is 0.305 e. The number of amides is 1. The molecule has 0 aromatic heterocycles. The van der Waals surface area contributed by atoms with Crippen LogP contribution in [0.15, 0.2) is 24.3 Å². The van der Waals surface area contributed by atoms with Gasteiger partial charge in [0, 0.05) is 18.7 Å². The van der Waals surface area contributed by atoms with E-state index >= 15 is 0 Å². The standard InChI is InChI=1S/C17H21NO3/c1-12-5-6-14(13(2)10-12)7-8-16(19)18-9-3-4-15(18)11-17(20)21/h5-8,10,15H,3-4,9,11H2,1-2H3,(H,20,21). The Morgan fingerprint density at radius 1 is 1.38 bits per heavy atom. The van der Waals surface area contributed by atoms with Gasteiger partial charge in [0.15, 0.2) is 0 Å². The first-order valence-electron chi connectivity index (χ1n) is 7.25. The molecule has 1 aliphatic rings. The smallest absolute Gasteiger partial charge is 0.305 e. The van der Waals surface area contributed by atoms with Crippen molar-refractivity contribution < 1.29 is 14.7 Å². The number of benzene rings is 1. The molecule has 0 aliphatic carbocycles. The highest BCUT2D eigenvalue weighted by atomic mass is 16.4. The minimum atomic E-state index is -0.849. The molecule has 0 saturated carbocycles. The van der Waals surface area contributed by atoms with Crippen LogP contribution in [0.4, 0.5) is 0 Å². The summed E-state index contributed by atoms with van der Waals surface area (Å²) < 4.78 is 0. The third kappa shape index (κ3) is 3.94. The Morgan fingerprint density at radius 2 is 2.14 bits per heavy atom. The number of carboxylic acids is 1. The van der Waals surface area contributed by atoms with E-state index in [1.54, 1.807) is 11.0 Å². The van der Waals surface area contributed by atoms with E-state index in [2.05, 4.69) is 6.07 Å². The minimum Gasteiger partial charge on any atom is -0.481 e. The Morgan fingerprint density at radius 3 is 2.81 bits per heavy atom. The summed E-state index contributed by atoms with van der Waals surface area (Å²) in [6.45, 7) is 4.70. The van der Waals surface area contributed by atoms with E-state index in [1.165, 1.54) is 5.56 Å². The third-order valence-electron chi connectivity index (χ3n) is 3.90. The Kier molecular flexibility index (Phi) is 4.78. The summed E-state index contributed by atoms with van der Waals surface area (Å²) in [4.78, 5) is 24.7. The zero-order valence-corrected chi connectivity index (χ0v) is 12.5. The van der Waals surface area contributed by atoms with Crippen molar-refractivity contribution in [3.8, 4) is 0 Å². The van der Waals surface area contributed by atoms with Crippen LogP contribution < -0.4 is 0 Å². The number of carboxylic acid groups (broad SMARTS) is 1. The van der Waals surface area contributed by atoms with E-state index in [4.69, 9.17) is 5.11 Å². The number of rotatable bonds is 4. The van der Waals surface area contributed by atoms with E-state index in [0.717, 1.165) is 24.0 Å². The highest BCUT2D eigenvalue weighted by Gasteiger charge is 2.28. The molecule has 1 aromatic rings. The molecule has 1 unspecified atom stereocenters. The Labute approximate surface area is 125 Å². The lowest BCUT2D eigenvalue weighted by molar-refractivity contribution is -0.139. The molecular weight excluding hydrogens is 266 g/mol. The van der Waals surface area contributed by atoms with E-state index in [9.17, 15) is 9.59 Å². The summed E-state index contributed by atoms with van der Waals surface area (Å²) >= 11 is 0. The van der Waals surface area contributed by atoms with Crippen LogP contribution in [-0.2, 0) is 9.59 Å². The van der Waals surface area contributed by atoms with Crippen molar-refractivity contribution in [2.45, 2.75) is 39.2 Å². The normalized spacial score (nSPS) is 18.4. The van der Waals surface area contributed by atoms with E-state index < -0.39 is 5.97 Å². The third-order valence-corrected chi connectivity index (χ3v) is 3.90. The summed E-state index contributed by atoms with van der Waals surface area (Å²) in [6.07, 6.45) is 5.05. The first kappa shape index (κ1) is 15.3. The molecule has 2 rings (SSSR count). The number of nitrogens with zero attached hydrogens (tertiary/aromatic N) is 1. The average molecular weight is 287 g/mol. The molecule has 1 aromatic carbocycles. The van der Waals surface area contributed by atoms with Crippen LogP contribution in [0.2, 0.25) is 0 Å². The van der Waals surface area contributed by atoms with Gasteiger partial charge in [0.1, 0.15) is 0 Å². The lowest BCUT2D eigenvalue weighted by Gasteiger charge is -2.21. The highest BCUT2D eigenvalue weighted by molar-refractivity contribution is 5.92. The Bertz CT molecular complexity index is 577. The molecule has 0 radical (unpaired) electrons. The molecule has 0 spiro atoms. The first-order chi connectivity index (χ1) is 9.97. The molecule has 112 valence electrons. The zero-order chi connectivity index (χ0) is 15.4. The number of carbonyl (C=O) groups excluding carboxylic acids is 1. The fourth-order valence-corrected chi connectivity index (χ4v) is 2.81. The Balaban J connectivity index is 2.06. The van der Waals surface area contributed by atoms with Crippen molar-refractivity contribution in [1.29, 1.82) is 0 Å². The highest BCUT2D eigenvalue weighted by Crippen LogP contribution is 2.21. The van der Waals surface area contributed by atoms with Crippen LogP contribution in [0.1, 0.15) is 36.0 Å². The number of aliphatic carboxylic acids is 1. The van der Waals surface area contributed by atoms with Crippen LogP contribution in [0, 0.1) is 13.8 Å². The number of hydrogen-bond acceptors (Lipinski definition) is 2. The molecule has 1 amide bonds. The predicted octanol–water partition coefficient (Wildman–Crippen LogP) is 2.78. The summed E-state index contributed by atoms with van der Waals surface area (Å²) in [7, 11) is 0. The maximum atomic E-state index is 12.2. The van der Waals surface area contributed by atoms with Gasteiger partial charge < -0.3 is 10.0 Å². The number of carbonyl (C=O) groups is 2. The topological polar surface area (TPSA) is 57.6 Å². The van der Waals surface area contributed by atoms with E-state index in [0.29, 0.717) is 6.54 Å². The van der Waals surface area contributed by atoms with Crippen molar-refractivity contribution in [2.24, 2.45) is 0 Å². The van der Waals surface area contributed by atoms with Crippen molar-refractivity contribution >= 4 is 18.0 Å². The SMILES string of the molecule is Cc1ccc(C=CC(=O)N2CCCC2CC(=O)O)c(C)c1. The lowest BCUT2D eigenvalue weighted by Crippen LogP contribution is -2.35. The van der Waals surface area contributed by atoms with Gasteiger partial charge in [0.25, 0.3) is 0 Å². The number of aryl methyl sites for hydroxylation is 2. The van der Waals surface area contributed by atoms with Gasteiger partial charge in [-0.25, -0.2) is 0 Å². The van der Waals surface area contributed by atoms with Gasteiger partial charge in [-0.3, -0.25) is 9.59 Å². The fourth-order valence-electron chi connectivity index (χ4n) is 2.81. The molecule has 1 aliphatic heterocycles. The van der Waals surface area contributed by atoms with Gasteiger partial charge >= 0.3 is 5.97 Å². The summed E-state index contributed by atoms with van der Waals surface area (Å²) in [5.41, 5.74) is 3.34. The maximum absolute atomic E-state index is 12.2. The van der Waals surface area contributed by atoms with Crippen LogP contribution in [0.3, 0.4) is 0 Å². The van der Waals surface area contributed by atoms with Crippen molar-refractivity contribution in [1.82, 2.24) is 4.90 Å². The van der Waals surface area contributed by atoms with E-state index in [1.807, 2.05) is 32.1 Å². The monoisotopic (exact) mass is 287 g/mol. The molecular formula is C17H21NO3. The average Bonchev–Trinajstić information content (AvgIpc) is 2.84. The Hall–Kier alpha value is -2.10. The van der Waals surface area contributed by atoms with Gasteiger partial charge in [-0.05, 0) is 43.9 Å². The molecule has 0 bridgehead atoms. The molecule has 21 heavy (non-hydrogen) atoms. The second-order valence-electron chi connectivity index (χ2n) is 5.62. The summed E-state index contributed by atoms with van der Waals surface area (Å²) in [5, 5.41) is 8.89. The second-order valence-corrected chi connectivity index (χ2v) is 5.62. The molecule has 4 heteroatoms. The van der Waals surface area contributed by atoms with Crippen LogP contribution in [-0.4, -0.2) is 34.5 Å². The first-order valence-corrected chi connectivity index (χ1v) is 7.25. The van der Waals surface area contributed by atoms with Crippen LogP contribution >= 0.6 is 0 Å². The van der Waals surface area contributed by atoms with Gasteiger partial charge in [-0.1, -0.05) is 23.8 Å².